The summed E-state index contributed by atoms with van der Waals surface area (Å²) in [6.07, 6.45) is 3.05. The maximum atomic E-state index is 13.6. The maximum Gasteiger partial charge on any atom is 0.305 e. The van der Waals surface area contributed by atoms with Crippen LogP contribution in [0.3, 0.4) is 0 Å². The zero-order chi connectivity index (χ0) is 20.0. The third-order valence-corrected chi connectivity index (χ3v) is 6.06. The van der Waals surface area contributed by atoms with Gasteiger partial charge in [0.05, 0.1) is 18.4 Å². The fourth-order valence-electron chi connectivity index (χ4n) is 4.73. The van der Waals surface area contributed by atoms with Gasteiger partial charge in [0.2, 0.25) is 0 Å². The van der Waals surface area contributed by atoms with E-state index in [1.165, 1.54) is 7.11 Å². The molecule has 6 heteroatoms. The second-order valence-electron chi connectivity index (χ2n) is 7.76. The highest BCUT2D eigenvalue weighted by molar-refractivity contribution is 6.24. The van der Waals surface area contributed by atoms with Crippen LogP contribution in [-0.2, 0) is 16.6 Å². The zero-order valence-electron chi connectivity index (χ0n) is 16.4. The molecule has 1 aliphatic carbocycles. The van der Waals surface area contributed by atoms with E-state index < -0.39 is 0 Å². The van der Waals surface area contributed by atoms with Crippen LogP contribution in [0.1, 0.15) is 40.1 Å². The number of carbonyl (C=O) groups excluding carboxylic acids is 3. The number of Topliss-reactive ketones (excluding diaryl/α,β-unsaturated/α-hetero) is 2. The molecule has 1 aromatic carbocycles. The van der Waals surface area contributed by atoms with Crippen molar-refractivity contribution in [2.24, 2.45) is 18.9 Å². The molecule has 1 aliphatic heterocycles. The van der Waals surface area contributed by atoms with E-state index in [1.54, 1.807) is 0 Å². The molecule has 146 valence electrons. The summed E-state index contributed by atoms with van der Waals surface area (Å²) in [5.74, 6) is -0.468. The Bertz CT molecular complexity index is 1020. The molecular weight excluding hydrogens is 356 g/mol. The quantitative estimate of drug-likeness (QED) is 0.766. The Hall–Kier alpha value is -2.89. The van der Waals surface area contributed by atoms with Crippen molar-refractivity contribution < 1.29 is 19.1 Å². The van der Waals surface area contributed by atoms with Crippen molar-refractivity contribution in [2.75, 3.05) is 20.7 Å². The van der Waals surface area contributed by atoms with E-state index in [1.807, 2.05) is 54.0 Å². The Morgan fingerprint density at radius 2 is 1.96 bits per heavy atom. The predicted molar refractivity (Wildman–Crippen MR) is 105 cm³/mol. The monoisotopic (exact) mass is 380 g/mol. The van der Waals surface area contributed by atoms with E-state index in [2.05, 4.69) is 0 Å². The number of ether oxygens (including phenoxy) is 1. The molecule has 0 saturated heterocycles. The number of hydrogen-bond acceptors (Lipinski definition) is 5. The number of ketones is 2. The molecule has 0 amide bonds. The molecule has 2 atom stereocenters. The molecule has 0 bridgehead atoms. The average molecular weight is 380 g/mol. The Labute approximate surface area is 163 Å². The lowest BCUT2D eigenvalue weighted by Crippen LogP contribution is -2.36. The summed E-state index contributed by atoms with van der Waals surface area (Å²) in [4.78, 5) is 40.4. The average Bonchev–Trinajstić information content (AvgIpc) is 2.93. The van der Waals surface area contributed by atoms with Crippen LogP contribution in [-0.4, -0.2) is 47.7 Å². The number of fused-ring (bicyclic) bond motifs is 4. The van der Waals surface area contributed by atoms with E-state index in [0.717, 1.165) is 10.9 Å². The molecule has 0 spiro atoms. The van der Waals surface area contributed by atoms with E-state index in [-0.39, 0.29) is 42.2 Å². The van der Waals surface area contributed by atoms with E-state index >= 15 is 0 Å². The summed E-state index contributed by atoms with van der Waals surface area (Å²) in [6, 6.07) is 7.64. The number of para-hydroxylation sites is 1. The van der Waals surface area contributed by atoms with Crippen LogP contribution in [0.25, 0.3) is 10.9 Å². The first kappa shape index (κ1) is 18.5. The highest BCUT2D eigenvalue weighted by Crippen LogP contribution is 2.41. The molecule has 0 saturated carbocycles. The summed E-state index contributed by atoms with van der Waals surface area (Å²) >= 11 is 0. The SMILES string of the molecule is COC(=O)CC[C@H]1CN(C)C=C2C(=O)c3c(n(C)c4ccccc34)C(=O)C[C@H]21. The second-order valence-corrected chi connectivity index (χ2v) is 7.76. The van der Waals surface area contributed by atoms with E-state index in [0.29, 0.717) is 29.8 Å². The molecule has 0 fully saturated rings. The molecule has 4 rings (SSSR count). The van der Waals surface area contributed by atoms with Crippen LogP contribution in [0, 0.1) is 11.8 Å². The van der Waals surface area contributed by atoms with Crippen molar-refractivity contribution in [3.63, 3.8) is 0 Å². The van der Waals surface area contributed by atoms with Gasteiger partial charge in [0, 0.05) is 62.1 Å². The first-order chi connectivity index (χ1) is 13.4. The van der Waals surface area contributed by atoms with Gasteiger partial charge < -0.3 is 14.2 Å². The number of carbonyl (C=O) groups is 3. The Balaban J connectivity index is 1.80. The Morgan fingerprint density at radius 3 is 2.71 bits per heavy atom. The van der Waals surface area contributed by atoms with Crippen molar-refractivity contribution in [2.45, 2.75) is 19.3 Å². The Kier molecular flexibility index (Phi) is 4.57. The molecule has 2 aliphatic rings. The third-order valence-electron chi connectivity index (χ3n) is 6.06. The van der Waals surface area contributed by atoms with Gasteiger partial charge in [0.25, 0.3) is 0 Å². The van der Waals surface area contributed by atoms with Gasteiger partial charge in [-0.2, -0.15) is 0 Å². The zero-order valence-corrected chi connectivity index (χ0v) is 16.4. The first-order valence-electron chi connectivity index (χ1n) is 9.56. The van der Waals surface area contributed by atoms with Crippen molar-refractivity contribution in [3.8, 4) is 0 Å². The molecule has 2 aromatic rings. The molecule has 0 N–H and O–H groups in total. The normalized spacial score (nSPS) is 21.8. The molecule has 2 heterocycles. The lowest BCUT2D eigenvalue weighted by Gasteiger charge is -2.35. The number of nitrogens with zero attached hydrogens (tertiary/aromatic N) is 2. The summed E-state index contributed by atoms with van der Waals surface area (Å²) in [6.45, 7) is 0.711. The van der Waals surface area contributed by atoms with E-state index in [4.69, 9.17) is 4.74 Å². The van der Waals surface area contributed by atoms with Crippen LogP contribution in [0.2, 0.25) is 0 Å². The molecular formula is C22H24N2O4. The van der Waals surface area contributed by atoms with Gasteiger partial charge in [-0.1, -0.05) is 18.2 Å². The smallest absolute Gasteiger partial charge is 0.305 e. The van der Waals surface area contributed by atoms with Gasteiger partial charge in [0.15, 0.2) is 11.6 Å². The lowest BCUT2D eigenvalue weighted by molar-refractivity contribution is -0.141. The summed E-state index contributed by atoms with van der Waals surface area (Å²) < 4.78 is 6.61. The van der Waals surface area contributed by atoms with Gasteiger partial charge >= 0.3 is 5.97 Å². The summed E-state index contributed by atoms with van der Waals surface area (Å²) in [5.41, 5.74) is 2.57. The van der Waals surface area contributed by atoms with E-state index in [9.17, 15) is 14.4 Å². The Morgan fingerprint density at radius 1 is 1.21 bits per heavy atom. The van der Waals surface area contributed by atoms with Crippen molar-refractivity contribution >= 4 is 28.4 Å². The minimum Gasteiger partial charge on any atom is -0.469 e. The number of benzene rings is 1. The number of aryl methyl sites for hydroxylation is 1. The van der Waals surface area contributed by atoms with Crippen molar-refractivity contribution in [3.05, 3.63) is 47.3 Å². The molecule has 28 heavy (non-hydrogen) atoms. The highest BCUT2D eigenvalue weighted by atomic mass is 16.5. The molecule has 1 aromatic heterocycles. The van der Waals surface area contributed by atoms with Crippen LogP contribution in [0.4, 0.5) is 0 Å². The number of rotatable bonds is 3. The molecule has 0 unspecified atom stereocenters. The summed E-state index contributed by atoms with van der Waals surface area (Å²) in [7, 11) is 5.15. The molecule has 6 nitrogen and oxygen atoms in total. The van der Waals surface area contributed by atoms with Gasteiger partial charge in [0.1, 0.15) is 0 Å². The van der Waals surface area contributed by atoms with Crippen LogP contribution >= 0.6 is 0 Å². The van der Waals surface area contributed by atoms with Crippen molar-refractivity contribution in [1.29, 1.82) is 0 Å². The largest absolute Gasteiger partial charge is 0.469 e. The maximum absolute atomic E-state index is 13.6. The van der Waals surface area contributed by atoms with Gasteiger partial charge in [-0.05, 0) is 18.4 Å². The number of esters is 1. The fraction of sp³-hybridized carbons (Fsp3) is 0.409. The predicted octanol–water partition coefficient (Wildman–Crippen LogP) is 2.96. The van der Waals surface area contributed by atoms with Crippen LogP contribution in [0.5, 0.6) is 0 Å². The third kappa shape index (κ3) is 2.84. The standard InChI is InChI=1S/C22H24N2O4/c1-23-11-13(8-9-19(26)28-3)15-10-18(25)21-20(22(27)16(15)12-23)14-6-4-5-7-17(14)24(21)2/h4-7,12-13,15H,8-11H2,1-3H3/t13-,15-/m0/s1. The molecule has 0 radical (unpaired) electrons. The van der Waals surface area contributed by atoms with Gasteiger partial charge in [-0.3, -0.25) is 14.4 Å². The second kappa shape index (κ2) is 6.93. The van der Waals surface area contributed by atoms with Crippen LogP contribution < -0.4 is 0 Å². The topological polar surface area (TPSA) is 68.6 Å². The summed E-state index contributed by atoms with van der Waals surface area (Å²) in [5, 5.41) is 0.819. The highest BCUT2D eigenvalue weighted by Gasteiger charge is 2.41. The minimum absolute atomic E-state index is 0.0110. The number of hydrogen-bond donors (Lipinski definition) is 0. The minimum atomic E-state index is -0.265. The first-order valence-corrected chi connectivity index (χ1v) is 9.56. The number of methoxy groups -OCH3 is 1. The van der Waals surface area contributed by atoms with Gasteiger partial charge in [-0.25, -0.2) is 0 Å². The van der Waals surface area contributed by atoms with Gasteiger partial charge in [-0.15, -0.1) is 0 Å². The fourth-order valence-corrected chi connectivity index (χ4v) is 4.73. The number of aromatic nitrogens is 1. The lowest BCUT2D eigenvalue weighted by atomic mass is 9.77. The number of allylic oxidation sites excluding steroid dienone is 1. The van der Waals surface area contributed by atoms with Crippen LogP contribution in [0.15, 0.2) is 36.0 Å². The van der Waals surface area contributed by atoms with Crippen molar-refractivity contribution in [1.82, 2.24) is 9.47 Å².